The first kappa shape index (κ1) is 14.9. The van der Waals surface area contributed by atoms with E-state index in [2.05, 4.69) is 48.3 Å². The van der Waals surface area contributed by atoms with Crippen molar-refractivity contribution >= 4 is 5.69 Å². The molecular formula is C18H28N2O. The number of rotatable bonds is 6. The molecule has 1 aromatic rings. The van der Waals surface area contributed by atoms with E-state index < -0.39 is 0 Å². The Morgan fingerprint density at radius 2 is 2.05 bits per heavy atom. The van der Waals surface area contributed by atoms with Gasteiger partial charge in [-0.15, -0.1) is 0 Å². The Bertz CT molecular complexity index is 486. The molecule has 1 saturated carbocycles. The van der Waals surface area contributed by atoms with Gasteiger partial charge in [-0.2, -0.15) is 0 Å². The number of aliphatic hydroxyl groups is 1. The molecule has 0 amide bonds. The number of hydrogen-bond acceptors (Lipinski definition) is 3. The second kappa shape index (κ2) is 5.98. The zero-order valence-corrected chi connectivity index (χ0v) is 13.3. The monoisotopic (exact) mass is 288 g/mol. The van der Waals surface area contributed by atoms with Gasteiger partial charge in [0.1, 0.15) is 0 Å². The highest BCUT2D eigenvalue weighted by atomic mass is 16.3. The van der Waals surface area contributed by atoms with Crippen LogP contribution in [-0.4, -0.2) is 35.9 Å². The number of anilines is 1. The van der Waals surface area contributed by atoms with Crippen LogP contribution in [-0.2, 0) is 6.42 Å². The van der Waals surface area contributed by atoms with Crippen molar-refractivity contribution in [1.29, 1.82) is 0 Å². The number of nitrogens with one attached hydrogen (secondary N) is 1. The molecule has 3 heteroatoms. The van der Waals surface area contributed by atoms with E-state index in [0.29, 0.717) is 12.1 Å². The molecule has 1 heterocycles. The highest BCUT2D eigenvalue weighted by Crippen LogP contribution is 2.31. The van der Waals surface area contributed by atoms with Gasteiger partial charge < -0.3 is 15.3 Å². The van der Waals surface area contributed by atoms with Gasteiger partial charge in [-0.3, -0.25) is 0 Å². The van der Waals surface area contributed by atoms with Crippen LogP contribution in [0.5, 0.6) is 0 Å². The molecule has 0 radical (unpaired) electrons. The van der Waals surface area contributed by atoms with Crippen molar-refractivity contribution in [1.82, 2.24) is 5.32 Å². The number of fused-ring (bicyclic) bond motifs is 1. The summed E-state index contributed by atoms with van der Waals surface area (Å²) in [5.74, 6) is 0. The Kier molecular flexibility index (Phi) is 4.23. The molecule has 0 bridgehead atoms. The van der Waals surface area contributed by atoms with E-state index in [9.17, 15) is 5.11 Å². The summed E-state index contributed by atoms with van der Waals surface area (Å²) in [7, 11) is 0. The Balaban J connectivity index is 1.68. The van der Waals surface area contributed by atoms with Gasteiger partial charge >= 0.3 is 0 Å². The Hall–Kier alpha value is -1.06. The van der Waals surface area contributed by atoms with Crippen molar-refractivity contribution < 1.29 is 5.11 Å². The minimum absolute atomic E-state index is 0.146. The third kappa shape index (κ3) is 3.41. The van der Waals surface area contributed by atoms with Crippen LogP contribution in [0.25, 0.3) is 0 Å². The predicted octanol–water partition coefficient (Wildman–Crippen LogP) is 2.72. The Morgan fingerprint density at radius 3 is 2.76 bits per heavy atom. The molecule has 3 rings (SSSR count). The molecule has 1 aliphatic carbocycles. The molecule has 1 aliphatic heterocycles. The lowest BCUT2D eigenvalue weighted by molar-refractivity contribution is 0.164. The van der Waals surface area contributed by atoms with Crippen LogP contribution < -0.4 is 10.2 Å². The third-order valence-electron chi connectivity index (χ3n) is 5.05. The quantitative estimate of drug-likeness (QED) is 0.845. The molecule has 21 heavy (non-hydrogen) atoms. The first-order valence-corrected chi connectivity index (χ1v) is 8.34. The lowest BCUT2D eigenvalue weighted by Crippen LogP contribution is -2.50. The van der Waals surface area contributed by atoms with Crippen LogP contribution >= 0.6 is 0 Å². The third-order valence-corrected chi connectivity index (χ3v) is 5.05. The summed E-state index contributed by atoms with van der Waals surface area (Å²) >= 11 is 0. The molecule has 1 aromatic carbocycles. The fourth-order valence-corrected chi connectivity index (χ4v) is 3.39. The zero-order valence-electron chi connectivity index (χ0n) is 13.3. The molecule has 116 valence electrons. The summed E-state index contributed by atoms with van der Waals surface area (Å²) in [4.78, 5) is 2.53. The summed E-state index contributed by atoms with van der Waals surface area (Å²) in [5.41, 5.74) is 2.72. The molecule has 2 unspecified atom stereocenters. The van der Waals surface area contributed by atoms with Crippen molar-refractivity contribution in [3.8, 4) is 0 Å². The summed E-state index contributed by atoms with van der Waals surface area (Å²) in [5, 5.41) is 13.4. The van der Waals surface area contributed by atoms with Crippen LogP contribution in [0.15, 0.2) is 24.3 Å². The van der Waals surface area contributed by atoms with Gasteiger partial charge in [0.15, 0.2) is 0 Å². The maximum atomic E-state index is 9.77. The molecule has 0 aromatic heterocycles. The van der Waals surface area contributed by atoms with E-state index in [1.807, 2.05) is 0 Å². The standard InChI is InChI=1S/C18H28N2O/c1-14-7-8-15-5-3-4-6-17(15)20(14)12-11-18(2,13-21)19-16-9-10-16/h3-6,14,16,19,21H,7-13H2,1-2H3. The minimum Gasteiger partial charge on any atom is -0.394 e. The zero-order chi connectivity index (χ0) is 14.9. The van der Waals surface area contributed by atoms with E-state index in [-0.39, 0.29) is 12.1 Å². The van der Waals surface area contributed by atoms with E-state index in [1.165, 1.54) is 36.9 Å². The summed E-state index contributed by atoms with van der Waals surface area (Å²) < 4.78 is 0. The molecule has 1 fully saturated rings. The number of nitrogens with zero attached hydrogens (tertiary/aromatic N) is 1. The molecule has 3 nitrogen and oxygen atoms in total. The van der Waals surface area contributed by atoms with Gasteiger partial charge in [0.2, 0.25) is 0 Å². The Labute approximate surface area is 128 Å². The van der Waals surface area contributed by atoms with Gasteiger partial charge in [-0.05, 0) is 57.6 Å². The largest absolute Gasteiger partial charge is 0.394 e. The number of benzene rings is 1. The molecule has 2 atom stereocenters. The fourth-order valence-electron chi connectivity index (χ4n) is 3.39. The predicted molar refractivity (Wildman–Crippen MR) is 87.8 cm³/mol. The van der Waals surface area contributed by atoms with Gasteiger partial charge in [-0.1, -0.05) is 18.2 Å². The number of aliphatic hydroxyl groups excluding tert-OH is 1. The highest BCUT2D eigenvalue weighted by molar-refractivity contribution is 5.56. The number of hydrogen-bond donors (Lipinski definition) is 2. The smallest absolute Gasteiger partial charge is 0.0611 e. The van der Waals surface area contributed by atoms with Crippen molar-refractivity contribution in [2.45, 2.75) is 63.6 Å². The lowest BCUT2D eigenvalue weighted by Gasteiger charge is -2.40. The number of para-hydroxylation sites is 1. The van der Waals surface area contributed by atoms with E-state index >= 15 is 0 Å². The van der Waals surface area contributed by atoms with Gasteiger partial charge in [-0.25, -0.2) is 0 Å². The molecular weight excluding hydrogens is 260 g/mol. The maximum Gasteiger partial charge on any atom is 0.0611 e. The van der Waals surface area contributed by atoms with Gasteiger partial charge in [0.25, 0.3) is 0 Å². The van der Waals surface area contributed by atoms with Crippen molar-refractivity contribution in [3.63, 3.8) is 0 Å². The fraction of sp³-hybridized carbons (Fsp3) is 0.667. The summed E-state index contributed by atoms with van der Waals surface area (Å²) in [6.07, 6.45) is 5.92. The molecule has 2 aliphatic rings. The summed E-state index contributed by atoms with van der Waals surface area (Å²) in [6, 6.07) is 9.99. The van der Waals surface area contributed by atoms with E-state index in [1.54, 1.807) is 0 Å². The Morgan fingerprint density at radius 1 is 1.29 bits per heavy atom. The maximum absolute atomic E-state index is 9.77. The van der Waals surface area contributed by atoms with Crippen LogP contribution in [0.3, 0.4) is 0 Å². The van der Waals surface area contributed by atoms with Crippen molar-refractivity contribution in [2.75, 3.05) is 18.1 Å². The van der Waals surface area contributed by atoms with Gasteiger partial charge in [0.05, 0.1) is 6.61 Å². The normalized spacial score (nSPS) is 24.5. The average Bonchev–Trinajstić information content (AvgIpc) is 3.30. The highest BCUT2D eigenvalue weighted by Gasteiger charge is 2.33. The second-order valence-corrected chi connectivity index (χ2v) is 7.10. The molecule has 2 N–H and O–H groups in total. The van der Waals surface area contributed by atoms with Crippen LogP contribution in [0.2, 0.25) is 0 Å². The van der Waals surface area contributed by atoms with Crippen LogP contribution in [0, 0.1) is 0 Å². The van der Waals surface area contributed by atoms with Gasteiger partial charge in [0, 0.05) is 29.9 Å². The average molecular weight is 288 g/mol. The van der Waals surface area contributed by atoms with Crippen molar-refractivity contribution in [2.24, 2.45) is 0 Å². The SMILES string of the molecule is CC1CCc2ccccc2N1CCC(C)(CO)NC1CC1. The first-order valence-electron chi connectivity index (χ1n) is 8.34. The first-order chi connectivity index (χ1) is 10.1. The second-order valence-electron chi connectivity index (χ2n) is 7.10. The minimum atomic E-state index is -0.146. The van der Waals surface area contributed by atoms with E-state index in [4.69, 9.17) is 0 Å². The van der Waals surface area contributed by atoms with Crippen LogP contribution in [0.4, 0.5) is 5.69 Å². The van der Waals surface area contributed by atoms with Crippen LogP contribution in [0.1, 0.15) is 45.1 Å². The van der Waals surface area contributed by atoms with Crippen molar-refractivity contribution in [3.05, 3.63) is 29.8 Å². The summed E-state index contributed by atoms with van der Waals surface area (Å²) in [6.45, 7) is 5.70. The topological polar surface area (TPSA) is 35.5 Å². The molecule has 0 spiro atoms. The van der Waals surface area contributed by atoms with E-state index in [0.717, 1.165) is 13.0 Å². The number of aryl methyl sites for hydroxylation is 1. The lowest BCUT2D eigenvalue weighted by atomic mass is 9.93. The molecule has 0 saturated heterocycles.